The molecule has 94 valence electrons. The third-order valence-corrected chi connectivity index (χ3v) is 2.28. The molecule has 0 radical (unpaired) electrons. The molecule has 3 N–H and O–H groups in total. The van der Waals surface area contributed by atoms with Gasteiger partial charge in [-0.25, -0.2) is 0 Å². The average molecular weight is 246 g/mol. The maximum atomic E-state index is 12.4. The number of nitrogen functional groups attached to an aromatic ring is 1. The molecule has 0 aliphatic carbocycles. The molecule has 0 saturated carbocycles. The number of hydrogen-bond donors (Lipinski definition) is 2. The quantitative estimate of drug-likeness (QED) is 0.631. The lowest BCUT2D eigenvalue weighted by Gasteiger charge is -2.10. The second kappa shape index (κ2) is 5.18. The Hall–Kier alpha value is -1.56. The molecule has 0 aromatic heterocycles. The first-order chi connectivity index (χ1) is 7.86. The summed E-state index contributed by atoms with van der Waals surface area (Å²) in [4.78, 5) is 11.6. The molecule has 0 bridgehead atoms. The van der Waals surface area contributed by atoms with Crippen LogP contribution in [-0.2, 0) is 6.18 Å². The van der Waals surface area contributed by atoms with Crippen LogP contribution in [0.15, 0.2) is 18.2 Å². The number of ketones is 1. The van der Waals surface area contributed by atoms with Gasteiger partial charge in [-0.15, -0.1) is 0 Å². The van der Waals surface area contributed by atoms with Crippen LogP contribution in [0.25, 0.3) is 0 Å². The zero-order chi connectivity index (χ0) is 13.1. The van der Waals surface area contributed by atoms with E-state index in [1.807, 2.05) is 0 Å². The Kier molecular flexibility index (Phi) is 4.11. The zero-order valence-corrected chi connectivity index (χ0v) is 9.27. The minimum absolute atomic E-state index is 0.133. The summed E-state index contributed by atoms with van der Waals surface area (Å²) in [7, 11) is 1.68. The highest BCUT2D eigenvalue weighted by Crippen LogP contribution is 2.31. The van der Waals surface area contributed by atoms with Crippen LogP contribution in [0.4, 0.5) is 18.9 Å². The predicted molar refractivity (Wildman–Crippen MR) is 58.7 cm³/mol. The first-order valence-corrected chi connectivity index (χ1v) is 5.00. The molecule has 17 heavy (non-hydrogen) atoms. The SMILES string of the molecule is CNCCC(=O)c1ccc(C(F)(F)F)cc1N. The Morgan fingerprint density at radius 3 is 2.53 bits per heavy atom. The van der Waals surface area contributed by atoms with Gasteiger partial charge < -0.3 is 11.1 Å². The van der Waals surface area contributed by atoms with E-state index < -0.39 is 11.7 Å². The van der Waals surface area contributed by atoms with Crippen molar-refractivity contribution in [2.24, 2.45) is 0 Å². The fraction of sp³-hybridized carbons (Fsp3) is 0.364. The van der Waals surface area contributed by atoms with Crippen LogP contribution >= 0.6 is 0 Å². The van der Waals surface area contributed by atoms with E-state index in [9.17, 15) is 18.0 Å². The minimum atomic E-state index is -4.44. The van der Waals surface area contributed by atoms with Gasteiger partial charge in [0.25, 0.3) is 0 Å². The van der Waals surface area contributed by atoms with Gasteiger partial charge in [-0.1, -0.05) is 0 Å². The molecule has 1 aromatic rings. The monoisotopic (exact) mass is 246 g/mol. The van der Waals surface area contributed by atoms with E-state index in [0.29, 0.717) is 6.54 Å². The summed E-state index contributed by atoms with van der Waals surface area (Å²) in [5, 5.41) is 2.78. The largest absolute Gasteiger partial charge is 0.416 e. The number of nitrogens with one attached hydrogen (secondary N) is 1. The van der Waals surface area contributed by atoms with E-state index >= 15 is 0 Å². The van der Waals surface area contributed by atoms with E-state index in [1.54, 1.807) is 7.05 Å². The molecule has 6 heteroatoms. The van der Waals surface area contributed by atoms with Crippen molar-refractivity contribution in [3.63, 3.8) is 0 Å². The summed E-state index contributed by atoms with van der Waals surface area (Å²) in [6, 6.07) is 2.77. The molecule has 1 rings (SSSR count). The number of nitrogens with two attached hydrogens (primary N) is 1. The average Bonchev–Trinajstić information content (AvgIpc) is 2.24. The first-order valence-electron chi connectivity index (χ1n) is 5.00. The van der Waals surface area contributed by atoms with Gasteiger partial charge in [0.15, 0.2) is 5.78 Å². The molecule has 0 aliphatic rings. The minimum Gasteiger partial charge on any atom is -0.398 e. The number of hydrogen-bond acceptors (Lipinski definition) is 3. The number of alkyl halides is 3. The molecule has 0 saturated heterocycles. The zero-order valence-electron chi connectivity index (χ0n) is 9.27. The fourth-order valence-corrected chi connectivity index (χ4v) is 1.37. The Labute approximate surface area is 96.8 Å². The van der Waals surface area contributed by atoms with Gasteiger partial charge in [-0.3, -0.25) is 4.79 Å². The van der Waals surface area contributed by atoms with Crippen molar-refractivity contribution in [3.8, 4) is 0 Å². The lowest BCUT2D eigenvalue weighted by Crippen LogP contribution is -2.15. The number of rotatable bonds is 4. The number of carbonyl (C=O) groups is 1. The number of halogens is 3. The molecule has 0 heterocycles. The van der Waals surface area contributed by atoms with Crippen molar-refractivity contribution in [1.29, 1.82) is 0 Å². The Bertz CT molecular complexity index is 416. The molecular weight excluding hydrogens is 233 g/mol. The van der Waals surface area contributed by atoms with Crippen LogP contribution in [-0.4, -0.2) is 19.4 Å². The fourth-order valence-electron chi connectivity index (χ4n) is 1.37. The van der Waals surface area contributed by atoms with Crippen LogP contribution in [0.2, 0.25) is 0 Å². The van der Waals surface area contributed by atoms with E-state index in [2.05, 4.69) is 5.32 Å². The Morgan fingerprint density at radius 1 is 1.41 bits per heavy atom. The van der Waals surface area contributed by atoms with Gasteiger partial charge in [-0.2, -0.15) is 13.2 Å². The highest BCUT2D eigenvalue weighted by Gasteiger charge is 2.31. The highest BCUT2D eigenvalue weighted by molar-refractivity contribution is 6.00. The van der Waals surface area contributed by atoms with Crippen LogP contribution in [0.1, 0.15) is 22.3 Å². The van der Waals surface area contributed by atoms with Crippen LogP contribution in [0.5, 0.6) is 0 Å². The predicted octanol–water partition coefficient (Wildman–Crippen LogP) is 2.08. The Balaban J connectivity index is 2.94. The Morgan fingerprint density at radius 2 is 2.06 bits per heavy atom. The first kappa shape index (κ1) is 13.5. The maximum Gasteiger partial charge on any atom is 0.416 e. The van der Waals surface area contributed by atoms with Crippen LogP contribution in [0, 0.1) is 0 Å². The van der Waals surface area contributed by atoms with Gasteiger partial charge in [0.2, 0.25) is 0 Å². The molecule has 3 nitrogen and oxygen atoms in total. The normalized spacial score (nSPS) is 11.5. The standard InChI is InChI=1S/C11H13F3N2O/c1-16-5-4-10(17)8-3-2-7(6-9(8)15)11(12,13)14/h2-3,6,16H,4-5,15H2,1H3. The molecule has 0 amide bonds. The number of benzene rings is 1. The third-order valence-electron chi connectivity index (χ3n) is 2.28. The lowest BCUT2D eigenvalue weighted by molar-refractivity contribution is -0.137. The van der Waals surface area contributed by atoms with Crippen LogP contribution < -0.4 is 11.1 Å². The molecule has 0 atom stereocenters. The summed E-state index contributed by atoms with van der Waals surface area (Å²) < 4.78 is 37.1. The maximum absolute atomic E-state index is 12.4. The van der Waals surface area contributed by atoms with Gasteiger partial charge in [0, 0.05) is 24.2 Å². The van der Waals surface area contributed by atoms with Gasteiger partial charge in [0.1, 0.15) is 0 Å². The van der Waals surface area contributed by atoms with E-state index in [0.717, 1.165) is 18.2 Å². The van der Waals surface area contributed by atoms with Crippen molar-refractivity contribution in [2.45, 2.75) is 12.6 Å². The van der Waals surface area contributed by atoms with Crippen molar-refractivity contribution in [1.82, 2.24) is 5.32 Å². The number of carbonyl (C=O) groups excluding carboxylic acids is 1. The number of anilines is 1. The molecule has 0 aliphatic heterocycles. The molecule has 1 aromatic carbocycles. The lowest BCUT2D eigenvalue weighted by atomic mass is 10.0. The second-order valence-electron chi connectivity index (χ2n) is 3.58. The van der Waals surface area contributed by atoms with Crippen molar-refractivity contribution >= 4 is 11.5 Å². The van der Waals surface area contributed by atoms with E-state index in [1.165, 1.54) is 0 Å². The third kappa shape index (κ3) is 3.45. The van der Waals surface area contributed by atoms with Gasteiger partial charge in [-0.05, 0) is 25.2 Å². The van der Waals surface area contributed by atoms with Gasteiger partial charge in [0.05, 0.1) is 5.56 Å². The number of Topliss-reactive ketones (excluding diaryl/α,β-unsaturated/α-hetero) is 1. The summed E-state index contributed by atoms with van der Waals surface area (Å²) in [6.07, 6.45) is -4.24. The van der Waals surface area contributed by atoms with Crippen molar-refractivity contribution in [3.05, 3.63) is 29.3 Å². The van der Waals surface area contributed by atoms with Crippen molar-refractivity contribution < 1.29 is 18.0 Å². The molecule has 0 spiro atoms. The smallest absolute Gasteiger partial charge is 0.398 e. The summed E-state index contributed by atoms with van der Waals surface area (Å²) in [5.41, 5.74) is 4.60. The van der Waals surface area contributed by atoms with Crippen molar-refractivity contribution in [2.75, 3.05) is 19.3 Å². The topological polar surface area (TPSA) is 55.1 Å². The summed E-state index contributed by atoms with van der Waals surface area (Å²) >= 11 is 0. The molecule has 0 unspecified atom stereocenters. The van der Waals surface area contributed by atoms with Gasteiger partial charge >= 0.3 is 6.18 Å². The van der Waals surface area contributed by atoms with E-state index in [4.69, 9.17) is 5.73 Å². The second-order valence-corrected chi connectivity index (χ2v) is 3.58. The summed E-state index contributed by atoms with van der Waals surface area (Å²) in [5.74, 6) is -0.273. The van der Waals surface area contributed by atoms with Crippen LogP contribution in [0.3, 0.4) is 0 Å². The molecule has 0 fully saturated rings. The highest BCUT2D eigenvalue weighted by atomic mass is 19.4. The summed E-state index contributed by atoms with van der Waals surface area (Å²) in [6.45, 7) is 0.458. The van der Waals surface area contributed by atoms with E-state index in [-0.39, 0.29) is 23.5 Å². The molecular formula is C11H13F3N2O.